The second kappa shape index (κ2) is 4.74. The van der Waals surface area contributed by atoms with Gasteiger partial charge in [0.1, 0.15) is 0 Å². The van der Waals surface area contributed by atoms with E-state index in [4.69, 9.17) is 23.2 Å². The molecular formula is C10H12Cl2. The standard InChI is InChI=1S/C10H12Cl2/c1-8(7-11)10(12)9-5-3-2-4-6-9/h2-6,8,10H,7H2,1H3/t8-,10-/m0/s1. The molecule has 0 unspecified atom stereocenters. The normalized spacial score (nSPS) is 15.6. The fourth-order valence-electron chi connectivity index (χ4n) is 1.04. The lowest BCUT2D eigenvalue weighted by Crippen LogP contribution is -2.04. The summed E-state index contributed by atoms with van der Waals surface area (Å²) in [6.45, 7) is 2.05. The first-order valence-corrected chi connectivity index (χ1v) is 4.97. The second-order valence-corrected chi connectivity index (χ2v) is 3.72. The molecule has 0 aliphatic carbocycles. The number of halogens is 2. The lowest BCUT2D eigenvalue weighted by Gasteiger charge is -2.14. The molecule has 66 valence electrons. The van der Waals surface area contributed by atoms with E-state index in [9.17, 15) is 0 Å². The predicted molar refractivity (Wildman–Crippen MR) is 54.9 cm³/mol. The maximum atomic E-state index is 6.17. The third-order valence-electron chi connectivity index (χ3n) is 1.86. The van der Waals surface area contributed by atoms with Crippen LogP contribution < -0.4 is 0 Å². The third-order valence-corrected chi connectivity index (χ3v) is 3.03. The van der Waals surface area contributed by atoms with Crippen LogP contribution in [-0.2, 0) is 0 Å². The second-order valence-electron chi connectivity index (χ2n) is 2.94. The summed E-state index contributed by atoms with van der Waals surface area (Å²) < 4.78 is 0. The summed E-state index contributed by atoms with van der Waals surface area (Å²) in [5, 5.41) is 0.0312. The highest BCUT2D eigenvalue weighted by Gasteiger charge is 2.14. The van der Waals surface area contributed by atoms with E-state index in [1.54, 1.807) is 0 Å². The van der Waals surface area contributed by atoms with Crippen LogP contribution in [0.15, 0.2) is 30.3 Å². The summed E-state index contributed by atoms with van der Waals surface area (Å²) in [5.74, 6) is 0.916. The van der Waals surface area contributed by atoms with Crippen LogP contribution >= 0.6 is 23.2 Å². The molecule has 0 fully saturated rings. The van der Waals surface area contributed by atoms with Crippen molar-refractivity contribution in [2.45, 2.75) is 12.3 Å². The van der Waals surface area contributed by atoms with Gasteiger partial charge in [-0.3, -0.25) is 0 Å². The molecule has 0 saturated heterocycles. The van der Waals surface area contributed by atoms with Gasteiger partial charge in [0.25, 0.3) is 0 Å². The molecule has 12 heavy (non-hydrogen) atoms. The maximum absolute atomic E-state index is 6.17. The topological polar surface area (TPSA) is 0 Å². The van der Waals surface area contributed by atoms with E-state index in [1.807, 2.05) is 30.3 Å². The minimum atomic E-state index is 0.0312. The highest BCUT2D eigenvalue weighted by atomic mass is 35.5. The predicted octanol–water partition coefficient (Wildman–Crippen LogP) is 3.84. The van der Waals surface area contributed by atoms with Gasteiger partial charge in [-0.2, -0.15) is 0 Å². The van der Waals surface area contributed by atoms with Crippen molar-refractivity contribution in [1.29, 1.82) is 0 Å². The van der Waals surface area contributed by atoms with E-state index in [-0.39, 0.29) is 5.38 Å². The van der Waals surface area contributed by atoms with E-state index in [1.165, 1.54) is 0 Å². The maximum Gasteiger partial charge on any atom is 0.0622 e. The Hall–Kier alpha value is -0.200. The van der Waals surface area contributed by atoms with E-state index in [0.717, 1.165) is 5.56 Å². The summed E-state index contributed by atoms with van der Waals surface area (Å²) in [6, 6.07) is 10.0. The molecule has 0 radical (unpaired) electrons. The van der Waals surface area contributed by atoms with Crippen molar-refractivity contribution in [3.8, 4) is 0 Å². The molecule has 2 atom stereocenters. The van der Waals surface area contributed by atoms with E-state index >= 15 is 0 Å². The number of hydrogen-bond acceptors (Lipinski definition) is 0. The fraction of sp³-hybridized carbons (Fsp3) is 0.400. The van der Waals surface area contributed by atoms with Gasteiger partial charge in [0.2, 0.25) is 0 Å². The largest absolute Gasteiger partial charge is 0.126 e. The monoisotopic (exact) mass is 202 g/mol. The summed E-state index contributed by atoms with van der Waals surface area (Å²) in [7, 11) is 0. The first-order chi connectivity index (χ1) is 5.75. The van der Waals surface area contributed by atoms with Crippen LogP contribution in [0, 0.1) is 5.92 Å². The number of hydrogen-bond donors (Lipinski definition) is 0. The van der Waals surface area contributed by atoms with Crippen LogP contribution in [0.2, 0.25) is 0 Å². The van der Waals surface area contributed by atoms with Gasteiger partial charge in [-0.15, -0.1) is 23.2 Å². The number of alkyl halides is 2. The SMILES string of the molecule is C[C@@H](CCl)[C@H](Cl)c1ccccc1. The van der Waals surface area contributed by atoms with Gasteiger partial charge in [-0.1, -0.05) is 37.3 Å². The molecule has 0 aliphatic heterocycles. The van der Waals surface area contributed by atoms with E-state index in [2.05, 4.69) is 6.92 Å². The Bertz CT molecular complexity index is 221. The molecule has 1 aromatic carbocycles. The summed E-state index contributed by atoms with van der Waals surface area (Å²) in [5.41, 5.74) is 1.15. The molecule has 0 nitrogen and oxygen atoms in total. The average molecular weight is 203 g/mol. The molecule has 0 aliphatic rings. The minimum absolute atomic E-state index is 0.0312. The zero-order valence-electron chi connectivity index (χ0n) is 7.00. The first kappa shape index (κ1) is 9.88. The molecule has 0 bridgehead atoms. The smallest absolute Gasteiger partial charge is 0.0622 e. The van der Waals surface area contributed by atoms with Gasteiger partial charge < -0.3 is 0 Å². The molecule has 0 saturated carbocycles. The van der Waals surface area contributed by atoms with Crippen molar-refractivity contribution < 1.29 is 0 Å². The van der Waals surface area contributed by atoms with Crippen LogP contribution in [0.3, 0.4) is 0 Å². The molecule has 0 aromatic heterocycles. The Balaban J connectivity index is 2.71. The molecule has 0 heterocycles. The summed E-state index contributed by atoms with van der Waals surface area (Å²) in [4.78, 5) is 0. The highest BCUT2D eigenvalue weighted by Crippen LogP contribution is 2.28. The zero-order valence-corrected chi connectivity index (χ0v) is 8.52. The van der Waals surface area contributed by atoms with Crippen molar-refractivity contribution in [1.82, 2.24) is 0 Å². The Labute approximate surface area is 83.5 Å². The fourth-order valence-corrected chi connectivity index (χ4v) is 1.55. The van der Waals surface area contributed by atoms with Crippen molar-refractivity contribution in [3.63, 3.8) is 0 Å². The van der Waals surface area contributed by atoms with Crippen LogP contribution in [-0.4, -0.2) is 5.88 Å². The molecule has 0 amide bonds. The third kappa shape index (κ3) is 2.40. The molecular weight excluding hydrogens is 191 g/mol. The quantitative estimate of drug-likeness (QED) is 0.654. The highest BCUT2D eigenvalue weighted by molar-refractivity contribution is 6.22. The van der Waals surface area contributed by atoms with Gasteiger partial charge in [0.05, 0.1) is 5.38 Å². The lowest BCUT2D eigenvalue weighted by molar-refractivity contribution is 0.631. The minimum Gasteiger partial charge on any atom is -0.126 e. The van der Waals surface area contributed by atoms with Crippen molar-refractivity contribution in [3.05, 3.63) is 35.9 Å². The Morgan fingerprint density at radius 3 is 2.33 bits per heavy atom. The number of benzene rings is 1. The lowest BCUT2D eigenvalue weighted by atomic mass is 10.0. The summed E-state index contributed by atoms with van der Waals surface area (Å²) in [6.07, 6.45) is 0. The van der Waals surface area contributed by atoms with Crippen molar-refractivity contribution in [2.24, 2.45) is 5.92 Å². The molecule has 0 N–H and O–H groups in total. The first-order valence-electron chi connectivity index (χ1n) is 4.00. The summed E-state index contributed by atoms with van der Waals surface area (Å²) >= 11 is 11.9. The average Bonchev–Trinajstić information content (AvgIpc) is 2.17. The van der Waals surface area contributed by atoms with Gasteiger partial charge in [-0.05, 0) is 11.5 Å². The Morgan fingerprint density at radius 2 is 1.83 bits per heavy atom. The van der Waals surface area contributed by atoms with Crippen molar-refractivity contribution >= 4 is 23.2 Å². The van der Waals surface area contributed by atoms with Crippen LogP contribution in [0.5, 0.6) is 0 Å². The van der Waals surface area contributed by atoms with Crippen molar-refractivity contribution in [2.75, 3.05) is 5.88 Å². The zero-order chi connectivity index (χ0) is 8.97. The number of rotatable bonds is 3. The van der Waals surface area contributed by atoms with Gasteiger partial charge in [0.15, 0.2) is 0 Å². The van der Waals surface area contributed by atoms with Gasteiger partial charge in [0, 0.05) is 5.88 Å². The van der Waals surface area contributed by atoms with Gasteiger partial charge in [-0.25, -0.2) is 0 Å². The Kier molecular flexibility index (Phi) is 3.90. The molecule has 1 aromatic rings. The molecule has 0 spiro atoms. The van der Waals surface area contributed by atoms with Gasteiger partial charge >= 0.3 is 0 Å². The van der Waals surface area contributed by atoms with Crippen LogP contribution in [0.25, 0.3) is 0 Å². The van der Waals surface area contributed by atoms with Crippen LogP contribution in [0.4, 0.5) is 0 Å². The van der Waals surface area contributed by atoms with Crippen LogP contribution in [0.1, 0.15) is 17.9 Å². The van der Waals surface area contributed by atoms with E-state index in [0.29, 0.717) is 11.8 Å². The molecule has 2 heteroatoms. The molecule has 1 rings (SSSR count). The van der Waals surface area contributed by atoms with E-state index < -0.39 is 0 Å². The Morgan fingerprint density at radius 1 is 1.25 bits per heavy atom.